The molecule has 0 saturated carbocycles. The maximum absolute atomic E-state index is 13.0. The molecule has 2 saturated heterocycles. The molecule has 2 heterocycles. The molecule has 4 heteroatoms. The van der Waals surface area contributed by atoms with Crippen molar-refractivity contribution in [2.24, 2.45) is 0 Å². The van der Waals surface area contributed by atoms with Gasteiger partial charge in [0.2, 0.25) is 0 Å². The van der Waals surface area contributed by atoms with E-state index in [9.17, 15) is 9.18 Å². The van der Waals surface area contributed by atoms with Gasteiger partial charge in [0.15, 0.2) is 0 Å². The predicted octanol–water partition coefficient (Wildman–Crippen LogP) is 4.26. The van der Waals surface area contributed by atoms with Crippen molar-refractivity contribution in [1.82, 2.24) is 4.90 Å². The van der Waals surface area contributed by atoms with Crippen molar-refractivity contribution in [3.63, 3.8) is 0 Å². The van der Waals surface area contributed by atoms with E-state index in [2.05, 4.69) is 23.1 Å². The Balaban J connectivity index is 1.54. The zero-order chi connectivity index (χ0) is 17.3. The fraction of sp³-hybridized carbons (Fsp3) is 0.286. The van der Waals surface area contributed by atoms with Crippen LogP contribution in [0.5, 0.6) is 0 Å². The number of carbonyl (C=O) groups is 1. The average molecular weight is 337 g/mol. The molecule has 2 aromatic carbocycles. The Labute approximate surface area is 146 Å². The summed E-state index contributed by atoms with van der Waals surface area (Å²) in [7, 11) is 0. The van der Waals surface area contributed by atoms with Crippen LogP contribution < -0.4 is 0 Å². The molecule has 0 spiro atoms. The maximum Gasteiger partial charge on any atom is 0.338 e. The lowest BCUT2D eigenvalue weighted by molar-refractivity contribution is -0.0270. The Morgan fingerprint density at radius 3 is 2.64 bits per heavy atom. The Kier molecular flexibility index (Phi) is 4.04. The van der Waals surface area contributed by atoms with Crippen molar-refractivity contribution in [2.75, 3.05) is 13.1 Å². The van der Waals surface area contributed by atoms with Crippen LogP contribution in [-0.2, 0) is 4.74 Å². The number of carbonyl (C=O) groups excluding carboxylic acids is 1. The van der Waals surface area contributed by atoms with Gasteiger partial charge in [0.25, 0.3) is 0 Å². The Hall–Kier alpha value is -2.62. The van der Waals surface area contributed by atoms with E-state index in [1.54, 1.807) is 0 Å². The zero-order valence-corrected chi connectivity index (χ0v) is 14.0. The van der Waals surface area contributed by atoms with E-state index in [0.717, 1.165) is 37.9 Å². The summed E-state index contributed by atoms with van der Waals surface area (Å²) in [4.78, 5) is 14.8. The van der Waals surface area contributed by atoms with E-state index in [1.807, 2.05) is 18.2 Å². The van der Waals surface area contributed by atoms with E-state index in [0.29, 0.717) is 5.56 Å². The standard InChI is InChI=1S/C21H20FNO2/c22-18-9-7-17(8-10-18)20(24)25-21-11-4-12-23(15-21)19(14-21)13-16-5-2-1-3-6-16/h1-3,5-10,13H,4,11-12,14-15H2/b19-13+. The highest BCUT2D eigenvalue weighted by molar-refractivity contribution is 5.89. The van der Waals surface area contributed by atoms with Crippen LogP contribution in [0.1, 0.15) is 35.2 Å². The van der Waals surface area contributed by atoms with E-state index in [-0.39, 0.29) is 11.8 Å². The monoisotopic (exact) mass is 337 g/mol. The van der Waals surface area contributed by atoms with Gasteiger partial charge >= 0.3 is 5.97 Å². The number of benzene rings is 2. The van der Waals surface area contributed by atoms with Gasteiger partial charge in [-0.15, -0.1) is 0 Å². The largest absolute Gasteiger partial charge is 0.453 e. The summed E-state index contributed by atoms with van der Waals surface area (Å²) in [6.07, 6.45) is 4.78. The van der Waals surface area contributed by atoms with Crippen molar-refractivity contribution >= 4 is 12.0 Å². The molecule has 2 aliphatic rings. The van der Waals surface area contributed by atoms with Crippen molar-refractivity contribution in [3.8, 4) is 0 Å². The first kappa shape index (κ1) is 15.9. The first-order valence-corrected chi connectivity index (χ1v) is 8.63. The number of halogens is 1. The molecule has 0 radical (unpaired) electrons. The first-order valence-electron chi connectivity index (χ1n) is 8.63. The fourth-order valence-electron chi connectivity index (χ4n) is 3.77. The topological polar surface area (TPSA) is 29.5 Å². The second-order valence-electron chi connectivity index (χ2n) is 6.83. The van der Waals surface area contributed by atoms with Crippen LogP contribution in [0.15, 0.2) is 60.3 Å². The van der Waals surface area contributed by atoms with Crippen molar-refractivity contribution < 1.29 is 13.9 Å². The molecule has 0 aromatic heterocycles. The zero-order valence-electron chi connectivity index (χ0n) is 14.0. The normalized spacial score (nSPS) is 23.7. The molecule has 1 unspecified atom stereocenters. The van der Waals surface area contributed by atoms with Gasteiger partial charge in [-0.2, -0.15) is 0 Å². The first-order chi connectivity index (χ1) is 12.1. The highest BCUT2D eigenvalue weighted by Crippen LogP contribution is 2.41. The third-order valence-electron chi connectivity index (χ3n) is 4.97. The minimum Gasteiger partial charge on any atom is -0.453 e. The third kappa shape index (κ3) is 3.29. The van der Waals surface area contributed by atoms with Crippen LogP contribution in [0.4, 0.5) is 4.39 Å². The Morgan fingerprint density at radius 2 is 1.88 bits per heavy atom. The SMILES string of the molecule is O=C(OC12CCCN(C1)/C(=C/c1ccccc1)C2)c1ccc(F)cc1. The van der Waals surface area contributed by atoms with Crippen molar-refractivity contribution in [1.29, 1.82) is 0 Å². The molecule has 4 rings (SSSR count). The van der Waals surface area contributed by atoms with Gasteiger partial charge in [-0.05, 0) is 48.7 Å². The number of piperidine rings is 1. The molecular formula is C21H20FNO2. The molecule has 0 N–H and O–H groups in total. The van der Waals surface area contributed by atoms with Crippen LogP contribution in [0, 0.1) is 5.82 Å². The van der Waals surface area contributed by atoms with Gasteiger partial charge in [0.05, 0.1) is 12.1 Å². The lowest BCUT2D eigenvalue weighted by Gasteiger charge is -2.33. The second kappa shape index (κ2) is 6.36. The summed E-state index contributed by atoms with van der Waals surface area (Å²) in [5, 5.41) is 0. The number of rotatable bonds is 3. The Morgan fingerprint density at radius 1 is 1.12 bits per heavy atom. The minimum atomic E-state index is -0.468. The van der Waals surface area contributed by atoms with Gasteiger partial charge in [0, 0.05) is 18.7 Å². The number of hydrogen-bond donors (Lipinski definition) is 0. The predicted molar refractivity (Wildman–Crippen MR) is 94.4 cm³/mol. The average Bonchev–Trinajstić information content (AvgIpc) is 2.85. The summed E-state index contributed by atoms with van der Waals surface area (Å²) in [5.41, 5.74) is 2.30. The molecule has 2 bridgehead atoms. The van der Waals surface area contributed by atoms with Crippen LogP contribution in [0.3, 0.4) is 0 Å². The summed E-state index contributed by atoms with van der Waals surface area (Å²) < 4.78 is 19.0. The second-order valence-corrected chi connectivity index (χ2v) is 6.83. The van der Waals surface area contributed by atoms with Gasteiger partial charge in [-0.3, -0.25) is 0 Å². The van der Waals surface area contributed by atoms with Crippen LogP contribution in [-0.4, -0.2) is 29.6 Å². The van der Waals surface area contributed by atoms with Crippen molar-refractivity contribution in [3.05, 3.63) is 77.2 Å². The highest BCUT2D eigenvalue weighted by Gasteiger charge is 2.46. The maximum atomic E-state index is 13.0. The van der Waals surface area contributed by atoms with E-state index in [4.69, 9.17) is 4.74 Å². The van der Waals surface area contributed by atoms with E-state index < -0.39 is 5.60 Å². The highest BCUT2D eigenvalue weighted by atomic mass is 19.1. The summed E-state index contributed by atoms with van der Waals surface area (Å²) in [6, 6.07) is 15.7. The van der Waals surface area contributed by atoms with E-state index >= 15 is 0 Å². The molecule has 3 nitrogen and oxygen atoms in total. The van der Waals surface area contributed by atoms with Crippen molar-refractivity contribution in [2.45, 2.75) is 24.9 Å². The molecule has 2 aromatic rings. The van der Waals surface area contributed by atoms with Crippen LogP contribution in [0.2, 0.25) is 0 Å². The number of nitrogens with zero attached hydrogens (tertiary/aromatic N) is 1. The fourth-order valence-corrected chi connectivity index (χ4v) is 3.77. The summed E-state index contributed by atoms with van der Waals surface area (Å²) >= 11 is 0. The minimum absolute atomic E-state index is 0.354. The Bertz CT molecular complexity index is 800. The summed E-state index contributed by atoms with van der Waals surface area (Å²) in [5.74, 6) is -0.727. The van der Waals surface area contributed by atoms with Crippen LogP contribution in [0.25, 0.3) is 6.08 Å². The third-order valence-corrected chi connectivity index (χ3v) is 4.97. The molecule has 2 aliphatic heterocycles. The van der Waals surface area contributed by atoms with Crippen LogP contribution >= 0.6 is 0 Å². The smallest absolute Gasteiger partial charge is 0.338 e. The molecule has 128 valence electrons. The quantitative estimate of drug-likeness (QED) is 0.784. The summed E-state index contributed by atoms with van der Waals surface area (Å²) in [6.45, 7) is 1.73. The van der Waals surface area contributed by atoms with Gasteiger partial charge in [-0.25, -0.2) is 9.18 Å². The molecule has 2 fully saturated rings. The number of ether oxygens (including phenoxy) is 1. The molecule has 0 aliphatic carbocycles. The molecule has 25 heavy (non-hydrogen) atoms. The number of hydrogen-bond acceptors (Lipinski definition) is 3. The van der Waals surface area contributed by atoms with Gasteiger partial charge in [0.1, 0.15) is 11.4 Å². The number of esters is 1. The number of fused-ring (bicyclic) bond motifs is 2. The van der Waals surface area contributed by atoms with E-state index in [1.165, 1.54) is 30.0 Å². The molecule has 1 atom stereocenters. The van der Waals surface area contributed by atoms with Gasteiger partial charge in [-0.1, -0.05) is 30.3 Å². The van der Waals surface area contributed by atoms with Gasteiger partial charge < -0.3 is 9.64 Å². The lowest BCUT2D eigenvalue weighted by Crippen LogP contribution is -2.42. The lowest BCUT2D eigenvalue weighted by atomic mass is 9.94. The molecular weight excluding hydrogens is 317 g/mol. The molecule has 0 amide bonds.